The fourth-order valence-electron chi connectivity index (χ4n) is 3.29. The van der Waals surface area contributed by atoms with Gasteiger partial charge in [0.15, 0.2) is 0 Å². The summed E-state index contributed by atoms with van der Waals surface area (Å²) < 4.78 is 5.83. The lowest BCUT2D eigenvalue weighted by molar-refractivity contribution is 0.0176. The van der Waals surface area contributed by atoms with Gasteiger partial charge in [-0.1, -0.05) is 13.8 Å². The molecule has 18 heavy (non-hydrogen) atoms. The Labute approximate surface area is 112 Å². The van der Waals surface area contributed by atoms with Gasteiger partial charge >= 0.3 is 0 Å². The van der Waals surface area contributed by atoms with Gasteiger partial charge in [0.1, 0.15) is 0 Å². The van der Waals surface area contributed by atoms with Gasteiger partial charge in [-0.3, -0.25) is 0 Å². The van der Waals surface area contributed by atoms with Crippen molar-refractivity contribution in [2.75, 3.05) is 32.8 Å². The molecule has 0 saturated carbocycles. The summed E-state index contributed by atoms with van der Waals surface area (Å²) in [4.78, 5) is 0. The molecule has 2 atom stereocenters. The lowest BCUT2D eigenvalue weighted by atomic mass is 9.75. The Morgan fingerprint density at radius 1 is 1.39 bits per heavy atom. The Bertz CT molecular complexity index is 253. The van der Waals surface area contributed by atoms with Crippen molar-refractivity contribution in [2.24, 2.45) is 11.3 Å². The van der Waals surface area contributed by atoms with Crippen molar-refractivity contribution in [3.05, 3.63) is 0 Å². The highest BCUT2D eigenvalue weighted by atomic mass is 16.5. The molecular formula is C15H30N2O. The van der Waals surface area contributed by atoms with E-state index in [1.54, 1.807) is 0 Å². The number of ether oxygens (including phenoxy) is 1. The molecule has 0 spiro atoms. The number of nitrogens with one attached hydrogen (secondary N) is 2. The van der Waals surface area contributed by atoms with Gasteiger partial charge in [-0.25, -0.2) is 0 Å². The Morgan fingerprint density at radius 3 is 2.83 bits per heavy atom. The molecule has 2 N–H and O–H groups in total. The van der Waals surface area contributed by atoms with Crippen molar-refractivity contribution < 1.29 is 4.74 Å². The van der Waals surface area contributed by atoms with Gasteiger partial charge in [-0.05, 0) is 57.0 Å². The van der Waals surface area contributed by atoms with E-state index in [0.29, 0.717) is 5.41 Å². The van der Waals surface area contributed by atoms with E-state index in [0.717, 1.165) is 25.6 Å². The molecule has 2 aliphatic heterocycles. The van der Waals surface area contributed by atoms with Crippen molar-refractivity contribution in [2.45, 2.75) is 52.1 Å². The predicted octanol–water partition coefficient (Wildman–Crippen LogP) is 2.17. The maximum absolute atomic E-state index is 5.83. The Balaban J connectivity index is 1.74. The minimum Gasteiger partial charge on any atom is -0.374 e. The molecule has 2 aliphatic rings. The first-order valence-corrected chi connectivity index (χ1v) is 7.57. The maximum atomic E-state index is 5.83. The highest BCUT2D eigenvalue weighted by Crippen LogP contribution is 2.31. The van der Waals surface area contributed by atoms with Crippen molar-refractivity contribution in [3.8, 4) is 0 Å². The maximum Gasteiger partial charge on any atom is 0.0779 e. The number of rotatable bonds is 5. The zero-order valence-electron chi connectivity index (χ0n) is 12.3. The summed E-state index contributed by atoms with van der Waals surface area (Å²) in [6.07, 6.45) is 5.11. The van der Waals surface area contributed by atoms with Gasteiger partial charge in [0.05, 0.1) is 5.60 Å². The van der Waals surface area contributed by atoms with Crippen LogP contribution in [0.2, 0.25) is 0 Å². The molecule has 0 amide bonds. The average Bonchev–Trinajstić information content (AvgIpc) is 2.77. The molecule has 3 nitrogen and oxygen atoms in total. The molecule has 0 aromatic carbocycles. The monoisotopic (exact) mass is 254 g/mol. The second-order valence-corrected chi connectivity index (χ2v) is 7.04. The third-order valence-corrected chi connectivity index (χ3v) is 4.78. The minimum absolute atomic E-state index is 0.0842. The summed E-state index contributed by atoms with van der Waals surface area (Å²) in [6, 6.07) is 0. The number of hydrogen-bond donors (Lipinski definition) is 2. The topological polar surface area (TPSA) is 33.3 Å². The van der Waals surface area contributed by atoms with E-state index in [1.807, 2.05) is 0 Å². The molecule has 0 bridgehead atoms. The fourth-order valence-corrected chi connectivity index (χ4v) is 3.29. The number of hydrogen-bond acceptors (Lipinski definition) is 3. The van der Waals surface area contributed by atoms with Gasteiger partial charge in [0.2, 0.25) is 0 Å². The van der Waals surface area contributed by atoms with E-state index in [1.165, 1.54) is 38.8 Å². The summed E-state index contributed by atoms with van der Waals surface area (Å²) in [7, 11) is 0. The van der Waals surface area contributed by atoms with E-state index in [-0.39, 0.29) is 5.60 Å². The molecule has 2 fully saturated rings. The first kappa shape index (κ1) is 14.3. The molecular weight excluding hydrogens is 224 g/mol. The normalized spacial score (nSPS) is 33.8. The van der Waals surface area contributed by atoms with Gasteiger partial charge in [0, 0.05) is 19.7 Å². The quantitative estimate of drug-likeness (QED) is 0.789. The molecule has 2 heterocycles. The minimum atomic E-state index is 0.0842. The van der Waals surface area contributed by atoms with Crippen LogP contribution in [0.25, 0.3) is 0 Å². The Hall–Kier alpha value is -0.120. The third kappa shape index (κ3) is 3.69. The van der Waals surface area contributed by atoms with Crippen LogP contribution in [0.4, 0.5) is 0 Å². The van der Waals surface area contributed by atoms with Crippen LogP contribution >= 0.6 is 0 Å². The molecule has 106 valence electrons. The van der Waals surface area contributed by atoms with Crippen molar-refractivity contribution in [1.82, 2.24) is 10.6 Å². The number of piperidine rings is 1. The molecule has 0 aliphatic carbocycles. The van der Waals surface area contributed by atoms with Crippen molar-refractivity contribution >= 4 is 0 Å². The van der Waals surface area contributed by atoms with Crippen LogP contribution in [-0.2, 0) is 4.74 Å². The largest absolute Gasteiger partial charge is 0.374 e. The lowest BCUT2D eigenvalue weighted by Gasteiger charge is -2.38. The second kappa shape index (κ2) is 5.89. The molecule has 0 radical (unpaired) electrons. The summed E-state index contributed by atoms with van der Waals surface area (Å²) in [5.41, 5.74) is 0.462. The summed E-state index contributed by atoms with van der Waals surface area (Å²) in [6.45, 7) is 12.4. The standard InChI is InChI=1S/C15H30N2O/c1-14(2,13-6-4-8-16-10-13)11-17-12-15(3)7-5-9-18-15/h13,16-17H,4-12H2,1-3H3. The first-order valence-electron chi connectivity index (χ1n) is 7.57. The van der Waals surface area contributed by atoms with E-state index in [2.05, 4.69) is 31.4 Å². The molecule has 2 rings (SSSR count). The SMILES string of the molecule is CC1(CNCC(C)(C)C2CCCNC2)CCCO1. The highest BCUT2D eigenvalue weighted by molar-refractivity contribution is 4.87. The molecule has 3 heteroatoms. The Morgan fingerprint density at radius 2 is 2.22 bits per heavy atom. The zero-order chi connectivity index (χ0) is 13.1. The molecule has 0 aromatic rings. The van der Waals surface area contributed by atoms with Crippen LogP contribution in [0.1, 0.15) is 46.5 Å². The van der Waals surface area contributed by atoms with Gasteiger partial charge < -0.3 is 15.4 Å². The van der Waals surface area contributed by atoms with E-state index in [4.69, 9.17) is 4.74 Å². The molecule has 0 aromatic heterocycles. The molecule has 2 unspecified atom stereocenters. The second-order valence-electron chi connectivity index (χ2n) is 7.04. The van der Waals surface area contributed by atoms with Crippen LogP contribution in [0, 0.1) is 11.3 Å². The van der Waals surface area contributed by atoms with E-state index < -0.39 is 0 Å². The predicted molar refractivity (Wildman–Crippen MR) is 75.8 cm³/mol. The van der Waals surface area contributed by atoms with Gasteiger partial charge in [-0.15, -0.1) is 0 Å². The van der Waals surface area contributed by atoms with Gasteiger partial charge in [0.25, 0.3) is 0 Å². The van der Waals surface area contributed by atoms with Crippen molar-refractivity contribution in [1.29, 1.82) is 0 Å². The highest BCUT2D eigenvalue weighted by Gasteiger charge is 2.33. The fraction of sp³-hybridized carbons (Fsp3) is 1.00. The summed E-state index contributed by atoms with van der Waals surface area (Å²) >= 11 is 0. The summed E-state index contributed by atoms with van der Waals surface area (Å²) in [5.74, 6) is 0.802. The van der Waals surface area contributed by atoms with Crippen LogP contribution < -0.4 is 10.6 Å². The van der Waals surface area contributed by atoms with Crippen LogP contribution in [0.15, 0.2) is 0 Å². The summed E-state index contributed by atoms with van der Waals surface area (Å²) in [5, 5.41) is 7.18. The van der Waals surface area contributed by atoms with E-state index >= 15 is 0 Å². The molecule has 2 saturated heterocycles. The van der Waals surface area contributed by atoms with E-state index in [9.17, 15) is 0 Å². The van der Waals surface area contributed by atoms with Crippen LogP contribution in [0.3, 0.4) is 0 Å². The third-order valence-electron chi connectivity index (χ3n) is 4.78. The zero-order valence-corrected chi connectivity index (χ0v) is 12.3. The van der Waals surface area contributed by atoms with Crippen LogP contribution in [0.5, 0.6) is 0 Å². The van der Waals surface area contributed by atoms with Crippen molar-refractivity contribution in [3.63, 3.8) is 0 Å². The smallest absolute Gasteiger partial charge is 0.0779 e. The first-order chi connectivity index (χ1) is 8.52. The lowest BCUT2D eigenvalue weighted by Crippen LogP contribution is -2.46. The Kier molecular flexibility index (Phi) is 4.68. The van der Waals surface area contributed by atoms with Gasteiger partial charge in [-0.2, -0.15) is 0 Å². The van der Waals surface area contributed by atoms with Crippen LogP contribution in [-0.4, -0.2) is 38.4 Å². The average molecular weight is 254 g/mol.